The summed E-state index contributed by atoms with van der Waals surface area (Å²) in [6.07, 6.45) is 3.51. The third kappa shape index (κ3) is 4.94. The summed E-state index contributed by atoms with van der Waals surface area (Å²) in [5, 5.41) is 12.9. The molecule has 0 aliphatic rings. The van der Waals surface area contributed by atoms with Gasteiger partial charge in [-0.1, -0.05) is 73.6 Å². The number of aryl methyl sites for hydroxylation is 2. The van der Waals surface area contributed by atoms with E-state index in [1.807, 2.05) is 34.9 Å². The number of carbonyl (C=O) groups is 1. The fourth-order valence-corrected chi connectivity index (χ4v) is 4.21. The van der Waals surface area contributed by atoms with Gasteiger partial charge in [-0.2, -0.15) is 0 Å². The summed E-state index contributed by atoms with van der Waals surface area (Å²) in [5.74, 6) is 0.829. The van der Waals surface area contributed by atoms with Crippen LogP contribution in [0.15, 0.2) is 60.3 Å². The number of anilines is 1. The number of nitrogens with one attached hydrogen (secondary N) is 1. The summed E-state index contributed by atoms with van der Waals surface area (Å²) in [5.41, 5.74) is 4.01. The first-order valence-electron chi connectivity index (χ1n) is 9.91. The third-order valence-corrected chi connectivity index (χ3v) is 6.04. The number of benzene rings is 2. The fraction of sp³-hybridized carbons (Fsp3) is 0.261. The SMILES string of the molecule is C=CCn1c(SCC(=O)Nc2c(CC)cccc2CC)nnc1-c1ccccc1Cl. The van der Waals surface area contributed by atoms with Gasteiger partial charge in [0.1, 0.15) is 0 Å². The van der Waals surface area contributed by atoms with E-state index < -0.39 is 0 Å². The number of rotatable bonds is 9. The lowest BCUT2D eigenvalue weighted by Gasteiger charge is -2.14. The molecule has 30 heavy (non-hydrogen) atoms. The van der Waals surface area contributed by atoms with Crippen LogP contribution in [0.2, 0.25) is 5.02 Å². The lowest BCUT2D eigenvalue weighted by molar-refractivity contribution is -0.113. The second kappa shape index (κ2) is 10.5. The number of thioether (sulfide) groups is 1. The standard InChI is InChI=1S/C23H25ClN4OS/c1-4-14-28-22(18-12-7-8-13-19(18)24)26-27-23(28)30-15-20(29)25-21-16(5-2)10-9-11-17(21)6-3/h4,7-13H,1,5-6,14-15H2,2-3H3,(H,25,29). The maximum absolute atomic E-state index is 12.7. The van der Waals surface area contributed by atoms with E-state index in [4.69, 9.17) is 11.6 Å². The Hall–Kier alpha value is -2.57. The molecule has 3 aromatic rings. The van der Waals surface area contributed by atoms with Crippen molar-refractivity contribution in [3.8, 4) is 11.4 Å². The molecule has 5 nitrogen and oxygen atoms in total. The molecule has 0 spiro atoms. The molecule has 1 N–H and O–H groups in total. The molecule has 156 valence electrons. The highest BCUT2D eigenvalue weighted by atomic mass is 35.5. The van der Waals surface area contributed by atoms with E-state index in [1.54, 1.807) is 6.08 Å². The van der Waals surface area contributed by atoms with Gasteiger partial charge in [-0.15, -0.1) is 16.8 Å². The maximum atomic E-state index is 12.7. The van der Waals surface area contributed by atoms with Crippen LogP contribution in [-0.4, -0.2) is 26.4 Å². The first-order chi connectivity index (χ1) is 14.6. The van der Waals surface area contributed by atoms with E-state index in [9.17, 15) is 4.79 Å². The van der Waals surface area contributed by atoms with Crippen LogP contribution < -0.4 is 5.32 Å². The van der Waals surface area contributed by atoms with Crippen LogP contribution in [0.4, 0.5) is 5.69 Å². The number of aromatic nitrogens is 3. The molecule has 1 heterocycles. The van der Waals surface area contributed by atoms with Crippen molar-refractivity contribution in [3.05, 3.63) is 71.3 Å². The molecule has 0 bridgehead atoms. The molecule has 2 aromatic carbocycles. The minimum atomic E-state index is -0.0666. The van der Waals surface area contributed by atoms with Gasteiger partial charge in [-0.25, -0.2) is 0 Å². The Kier molecular flexibility index (Phi) is 7.71. The molecule has 3 rings (SSSR count). The maximum Gasteiger partial charge on any atom is 0.234 e. The van der Waals surface area contributed by atoms with Crippen LogP contribution in [0.1, 0.15) is 25.0 Å². The van der Waals surface area contributed by atoms with Gasteiger partial charge in [-0.3, -0.25) is 9.36 Å². The Morgan fingerprint density at radius 3 is 2.47 bits per heavy atom. The number of hydrogen-bond donors (Lipinski definition) is 1. The van der Waals surface area contributed by atoms with Crippen molar-refractivity contribution in [1.29, 1.82) is 0 Å². The van der Waals surface area contributed by atoms with Crippen molar-refractivity contribution < 1.29 is 4.79 Å². The van der Waals surface area contributed by atoms with Crippen LogP contribution in [0.5, 0.6) is 0 Å². The minimum absolute atomic E-state index is 0.0666. The van der Waals surface area contributed by atoms with Gasteiger partial charge in [-0.05, 0) is 36.1 Å². The Morgan fingerprint density at radius 1 is 1.13 bits per heavy atom. The first kappa shape index (κ1) is 22.1. The Bertz CT molecular complexity index is 1030. The van der Waals surface area contributed by atoms with Gasteiger partial charge < -0.3 is 5.32 Å². The molecular formula is C23H25ClN4OS. The first-order valence-corrected chi connectivity index (χ1v) is 11.3. The van der Waals surface area contributed by atoms with E-state index >= 15 is 0 Å². The van der Waals surface area contributed by atoms with Crippen LogP contribution in [0, 0.1) is 0 Å². The number of nitrogens with zero attached hydrogens (tertiary/aromatic N) is 3. The summed E-state index contributed by atoms with van der Waals surface area (Å²) < 4.78 is 1.92. The lowest BCUT2D eigenvalue weighted by Crippen LogP contribution is -2.17. The lowest BCUT2D eigenvalue weighted by atomic mass is 10.0. The Morgan fingerprint density at radius 2 is 1.83 bits per heavy atom. The zero-order valence-electron chi connectivity index (χ0n) is 17.2. The third-order valence-electron chi connectivity index (χ3n) is 4.74. The highest BCUT2D eigenvalue weighted by Gasteiger charge is 2.17. The van der Waals surface area contributed by atoms with Crippen LogP contribution in [0.3, 0.4) is 0 Å². The van der Waals surface area contributed by atoms with E-state index in [-0.39, 0.29) is 11.7 Å². The number of para-hydroxylation sites is 1. The highest BCUT2D eigenvalue weighted by molar-refractivity contribution is 7.99. The van der Waals surface area contributed by atoms with Crippen LogP contribution in [0.25, 0.3) is 11.4 Å². The minimum Gasteiger partial charge on any atom is -0.325 e. The average Bonchev–Trinajstić information content (AvgIpc) is 3.15. The molecule has 0 unspecified atom stereocenters. The molecule has 0 saturated carbocycles. The average molecular weight is 441 g/mol. The van der Waals surface area contributed by atoms with Crippen molar-refractivity contribution >= 4 is 35.0 Å². The predicted molar refractivity (Wildman–Crippen MR) is 125 cm³/mol. The van der Waals surface area contributed by atoms with E-state index in [2.05, 4.69) is 48.1 Å². The molecule has 0 atom stereocenters. The van der Waals surface area contributed by atoms with Crippen LogP contribution in [-0.2, 0) is 24.2 Å². The van der Waals surface area contributed by atoms with Crippen molar-refractivity contribution in [1.82, 2.24) is 14.8 Å². The molecule has 0 aliphatic heterocycles. The molecule has 1 amide bonds. The van der Waals surface area contributed by atoms with Crippen molar-refractivity contribution in [3.63, 3.8) is 0 Å². The van der Waals surface area contributed by atoms with Gasteiger partial charge in [0.05, 0.1) is 10.8 Å². The monoisotopic (exact) mass is 440 g/mol. The van der Waals surface area contributed by atoms with Crippen molar-refractivity contribution in [2.24, 2.45) is 0 Å². The van der Waals surface area contributed by atoms with E-state index in [0.717, 1.165) is 35.2 Å². The quantitative estimate of drug-likeness (QED) is 0.345. The molecule has 0 saturated heterocycles. The van der Waals surface area contributed by atoms with Gasteiger partial charge in [0.25, 0.3) is 0 Å². The Balaban J connectivity index is 1.77. The molecule has 0 fully saturated rings. The normalized spacial score (nSPS) is 10.8. The second-order valence-electron chi connectivity index (χ2n) is 6.68. The summed E-state index contributed by atoms with van der Waals surface area (Å²) in [6, 6.07) is 13.7. The topological polar surface area (TPSA) is 59.8 Å². The van der Waals surface area contributed by atoms with Gasteiger partial charge in [0, 0.05) is 17.8 Å². The van der Waals surface area contributed by atoms with Gasteiger partial charge in [0.15, 0.2) is 11.0 Å². The summed E-state index contributed by atoms with van der Waals surface area (Å²) in [4.78, 5) is 12.7. The largest absolute Gasteiger partial charge is 0.325 e. The molecule has 0 aliphatic carbocycles. The predicted octanol–water partition coefficient (Wildman–Crippen LogP) is 5.64. The van der Waals surface area contributed by atoms with Gasteiger partial charge in [0.2, 0.25) is 5.91 Å². The summed E-state index contributed by atoms with van der Waals surface area (Å²) in [7, 11) is 0. The van der Waals surface area contributed by atoms with Crippen molar-refractivity contribution in [2.45, 2.75) is 38.4 Å². The summed E-state index contributed by atoms with van der Waals surface area (Å²) in [6.45, 7) is 8.53. The smallest absolute Gasteiger partial charge is 0.234 e. The zero-order chi connectivity index (χ0) is 21.5. The number of amides is 1. The van der Waals surface area contributed by atoms with Crippen molar-refractivity contribution in [2.75, 3.05) is 11.1 Å². The van der Waals surface area contributed by atoms with E-state index in [0.29, 0.717) is 22.5 Å². The number of hydrogen-bond acceptors (Lipinski definition) is 4. The molecule has 7 heteroatoms. The van der Waals surface area contributed by atoms with E-state index in [1.165, 1.54) is 11.8 Å². The van der Waals surface area contributed by atoms with Gasteiger partial charge >= 0.3 is 0 Å². The Labute approximate surface area is 186 Å². The second-order valence-corrected chi connectivity index (χ2v) is 8.03. The highest BCUT2D eigenvalue weighted by Crippen LogP contribution is 2.29. The zero-order valence-corrected chi connectivity index (χ0v) is 18.8. The number of allylic oxidation sites excluding steroid dienone is 1. The number of carbonyl (C=O) groups excluding carboxylic acids is 1. The van der Waals surface area contributed by atoms with Crippen LogP contribution >= 0.6 is 23.4 Å². The number of halogens is 1. The summed E-state index contributed by atoms with van der Waals surface area (Å²) >= 11 is 7.69. The molecular weight excluding hydrogens is 416 g/mol. The molecule has 0 radical (unpaired) electrons. The molecule has 1 aromatic heterocycles. The fourth-order valence-electron chi connectivity index (χ4n) is 3.24.